The first-order valence-electron chi connectivity index (χ1n) is 8.72. The first kappa shape index (κ1) is 19.7. The molecule has 0 aromatic rings. The molecule has 2 aliphatic heterocycles. The van der Waals surface area contributed by atoms with Crippen molar-refractivity contribution in [3.8, 4) is 0 Å². The van der Waals surface area contributed by atoms with Crippen LogP contribution in [-0.2, 0) is 19.0 Å². The third-order valence-electron chi connectivity index (χ3n) is 4.25. The number of rotatable bonds is 3. The Hall–Kier alpha value is -1.60. The summed E-state index contributed by atoms with van der Waals surface area (Å²) in [6, 6.07) is -0.276. The molecule has 0 unspecified atom stereocenters. The standard InChI is InChI=1S/C18H30N2O5/c1-13(15(21)19-7-9-23-10-8-19)11-14-12-24-18(5,6)20(14)16(22)25-17(2,3)4/h14H,1,7-12H2,2-6H3/t14-/m0/s1. The molecule has 2 rings (SSSR count). The van der Waals surface area contributed by atoms with E-state index in [1.807, 2.05) is 34.6 Å². The monoisotopic (exact) mass is 354 g/mol. The number of amides is 2. The summed E-state index contributed by atoms with van der Waals surface area (Å²) in [4.78, 5) is 28.5. The Labute approximate surface area is 149 Å². The largest absolute Gasteiger partial charge is 0.444 e. The van der Waals surface area contributed by atoms with Crippen LogP contribution in [0.5, 0.6) is 0 Å². The average molecular weight is 354 g/mol. The van der Waals surface area contributed by atoms with Crippen LogP contribution in [-0.4, -0.2) is 72.1 Å². The fraction of sp³-hybridized carbons (Fsp3) is 0.778. The molecule has 0 N–H and O–H groups in total. The van der Waals surface area contributed by atoms with E-state index in [1.54, 1.807) is 9.80 Å². The van der Waals surface area contributed by atoms with Crippen LogP contribution in [0.2, 0.25) is 0 Å². The van der Waals surface area contributed by atoms with Crippen molar-refractivity contribution in [2.75, 3.05) is 32.9 Å². The van der Waals surface area contributed by atoms with Gasteiger partial charge < -0.3 is 19.1 Å². The quantitative estimate of drug-likeness (QED) is 0.727. The molecule has 2 aliphatic rings. The van der Waals surface area contributed by atoms with E-state index in [4.69, 9.17) is 14.2 Å². The van der Waals surface area contributed by atoms with E-state index in [0.717, 1.165) is 0 Å². The summed E-state index contributed by atoms with van der Waals surface area (Å²) >= 11 is 0. The number of morpholine rings is 1. The second kappa shape index (κ2) is 7.33. The van der Waals surface area contributed by atoms with E-state index in [2.05, 4.69) is 6.58 Å². The van der Waals surface area contributed by atoms with Crippen LogP contribution in [0.15, 0.2) is 12.2 Å². The van der Waals surface area contributed by atoms with Gasteiger partial charge in [-0.3, -0.25) is 9.69 Å². The van der Waals surface area contributed by atoms with Crippen LogP contribution in [0.25, 0.3) is 0 Å². The number of ether oxygens (including phenoxy) is 3. The summed E-state index contributed by atoms with van der Waals surface area (Å²) in [6.07, 6.45) is -0.0783. The summed E-state index contributed by atoms with van der Waals surface area (Å²) < 4.78 is 16.5. The Morgan fingerprint density at radius 3 is 2.40 bits per heavy atom. The smallest absolute Gasteiger partial charge is 0.412 e. The van der Waals surface area contributed by atoms with E-state index in [-0.39, 0.29) is 11.9 Å². The van der Waals surface area contributed by atoms with Crippen LogP contribution >= 0.6 is 0 Å². The third-order valence-corrected chi connectivity index (χ3v) is 4.25. The van der Waals surface area contributed by atoms with Crippen molar-refractivity contribution in [1.82, 2.24) is 9.80 Å². The molecule has 2 fully saturated rings. The maximum Gasteiger partial charge on any atom is 0.412 e. The minimum absolute atomic E-state index is 0.0860. The van der Waals surface area contributed by atoms with Crippen molar-refractivity contribution in [2.24, 2.45) is 0 Å². The third kappa shape index (κ3) is 4.95. The Bertz CT molecular complexity index is 532. The van der Waals surface area contributed by atoms with Crippen molar-refractivity contribution in [1.29, 1.82) is 0 Å². The lowest BCUT2D eigenvalue weighted by atomic mass is 10.1. The molecule has 7 nitrogen and oxygen atoms in total. The molecule has 0 spiro atoms. The lowest BCUT2D eigenvalue weighted by Gasteiger charge is -2.35. The second-order valence-corrected chi connectivity index (χ2v) is 7.97. The summed E-state index contributed by atoms with van der Waals surface area (Å²) in [7, 11) is 0. The van der Waals surface area contributed by atoms with Gasteiger partial charge in [0.1, 0.15) is 11.3 Å². The zero-order chi connectivity index (χ0) is 18.8. The Balaban J connectivity index is 2.04. The minimum Gasteiger partial charge on any atom is -0.444 e. The van der Waals surface area contributed by atoms with Gasteiger partial charge in [0.05, 0.1) is 25.9 Å². The first-order chi connectivity index (χ1) is 11.5. The minimum atomic E-state index is -0.782. The molecule has 2 amide bonds. The highest BCUT2D eigenvalue weighted by atomic mass is 16.6. The number of nitrogens with zero attached hydrogens (tertiary/aromatic N) is 2. The van der Waals surface area contributed by atoms with Crippen molar-refractivity contribution < 1.29 is 23.8 Å². The highest BCUT2D eigenvalue weighted by molar-refractivity contribution is 5.93. The summed E-state index contributed by atoms with van der Waals surface area (Å²) in [6.45, 7) is 15.6. The van der Waals surface area contributed by atoms with Gasteiger partial charge in [0.25, 0.3) is 0 Å². The highest BCUT2D eigenvalue weighted by Crippen LogP contribution is 2.32. The van der Waals surface area contributed by atoms with Gasteiger partial charge in [-0.05, 0) is 34.6 Å². The Morgan fingerprint density at radius 2 is 1.84 bits per heavy atom. The summed E-state index contributed by atoms with van der Waals surface area (Å²) in [5.74, 6) is -0.0860. The highest BCUT2D eigenvalue weighted by Gasteiger charge is 2.46. The molecule has 142 valence electrons. The maximum atomic E-state index is 12.6. The van der Waals surface area contributed by atoms with E-state index in [9.17, 15) is 9.59 Å². The molecule has 0 radical (unpaired) electrons. The topological polar surface area (TPSA) is 68.3 Å². The van der Waals surface area contributed by atoms with Crippen LogP contribution in [0, 0.1) is 0 Å². The Morgan fingerprint density at radius 1 is 1.24 bits per heavy atom. The van der Waals surface area contributed by atoms with Gasteiger partial charge in [0.2, 0.25) is 5.91 Å². The molecule has 0 saturated carbocycles. The van der Waals surface area contributed by atoms with Crippen LogP contribution in [0.1, 0.15) is 41.0 Å². The maximum absolute atomic E-state index is 12.6. The fourth-order valence-electron chi connectivity index (χ4n) is 3.08. The van der Waals surface area contributed by atoms with Crippen molar-refractivity contribution in [2.45, 2.75) is 58.4 Å². The zero-order valence-electron chi connectivity index (χ0n) is 16.0. The molecule has 0 aromatic heterocycles. The van der Waals surface area contributed by atoms with Crippen LogP contribution in [0.4, 0.5) is 4.79 Å². The molecule has 0 aromatic carbocycles. The number of carbonyl (C=O) groups is 2. The first-order valence-corrected chi connectivity index (χ1v) is 8.72. The summed E-state index contributed by atoms with van der Waals surface area (Å²) in [5, 5.41) is 0. The number of hydrogen-bond acceptors (Lipinski definition) is 5. The predicted molar refractivity (Wildman–Crippen MR) is 93.0 cm³/mol. The molecule has 7 heteroatoms. The van der Waals surface area contributed by atoms with Crippen molar-refractivity contribution in [3.05, 3.63) is 12.2 Å². The number of hydrogen-bond donors (Lipinski definition) is 0. The molecule has 25 heavy (non-hydrogen) atoms. The van der Waals surface area contributed by atoms with Gasteiger partial charge in [-0.2, -0.15) is 0 Å². The van der Waals surface area contributed by atoms with E-state index < -0.39 is 17.4 Å². The Kier molecular flexibility index (Phi) is 5.79. The molecular weight excluding hydrogens is 324 g/mol. The molecular formula is C18H30N2O5. The molecule has 1 atom stereocenters. The van der Waals surface area contributed by atoms with Crippen molar-refractivity contribution >= 4 is 12.0 Å². The fourth-order valence-corrected chi connectivity index (χ4v) is 3.08. The molecule has 0 aliphatic carbocycles. The van der Waals surface area contributed by atoms with E-state index in [1.165, 1.54) is 0 Å². The zero-order valence-corrected chi connectivity index (χ0v) is 16.0. The lowest BCUT2D eigenvalue weighted by Crippen LogP contribution is -2.50. The van der Waals surface area contributed by atoms with Gasteiger partial charge in [0, 0.05) is 25.1 Å². The predicted octanol–water partition coefficient (Wildman–Crippen LogP) is 2.16. The molecule has 0 bridgehead atoms. The summed E-state index contributed by atoms with van der Waals surface area (Å²) in [5.41, 5.74) is -0.905. The average Bonchev–Trinajstić information content (AvgIpc) is 2.80. The van der Waals surface area contributed by atoms with Crippen LogP contribution in [0.3, 0.4) is 0 Å². The SMILES string of the molecule is C=C(C[C@H]1COC(C)(C)N1C(=O)OC(C)(C)C)C(=O)N1CCOCC1. The van der Waals surface area contributed by atoms with E-state index in [0.29, 0.717) is 44.9 Å². The molecule has 2 saturated heterocycles. The second-order valence-electron chi connectivity index (χ2n) is 7.97. The van der Waals surface area contributed by atoms with Crippen LogP contribution < -0.4 is 0 Å². The van der Waals surface area contributed by atoms with Gasteiger partial charge >= 0.3 is 6.09 Å². The number of carbonyl (C=O) groups excluding carboxylic acids is 2. The van der Waals surface area contributed by atoms with E-state index >= 15 is 0 Å². The van der Waals surface area contributed by atoms with Gasteiger partial charge in [-0.15, -0.1) is 0 Å². The normalized spacial score (nSPS) is 23.5. The molecule has 2 heterocycles. The van der Waals surface area contributed by atoms with Crippen molar-refractivity contribution in [3.63, 3.8) is 0 Å². The van der Waals surface area contributed by atoms with Gasteiger partial charge in [-0.25, -0.2) is 4.79 Å². The van der Waals surface area contributed by atoms with Gasteiger partial charge in [0.15, 0.2) is 0 Å². The van der Waals surface area contributed by atoms with Gasteiger partial charge in [-0.1, -0.05) is 6.58 Å². The lowest BCUT2D eigenvalue weighted by molar-refractivity contribution is -0.131.